The Bertz CT molecular complexity index is 644. The van der Waals surface area contributed by atoms with Gasteiger partial charge in [0.15, 0.2) is 5.82 Å². The lowest BCUT2D eigenvalue weighted by atomic mass is 10.1. The molecule has 0 radical (unpaired) electrons. The van der Waals surface area contributed by atoms with Crippen LogP contribution in [0.2, 0.25) is 0 Å². The highest BCUT2D eigenvalue weighted by Gasteiger charge is 2.27. The maximum atomic E-state index is 14.2. The smallest absolute Gasteiger partial charge is 0.264 e. The van der Waals surface area contributed by atoms with Crippen LogP contribution >= 0.6 is 26.6 Å². The van der Waals surface area contributed by atoms with Crippen molar-refractivity contribution in [3.63, 3.8) is 0 Å². The molecule has 1 aromatic rings. The maximum absolute atomic E-state index is 14.2. The first-order valence-electron chi connectivity index (χ1n) is 6.03. The Morgan fingerprint density at radius 3 is 2.40 bits per heavy atom. The van der Waals surface area contributed by atoms with Gasteiger partial charge in [-0.25, -0.2) is 12.8 Å². The van der Waals surface area contributed by atoms with Crippen LogP contribution in [-0.2, 0) is 9.05 Å². The van der Waals surface area contributed by atoms with Crippen molar-refractivity contribution in [2.24, 2.45) is 0 Å². The fourth-order valence-corrected chi connectivity index (χ4v) is 3.70. The predicted molar refractivity (Wildman–Crippen MR) is 76.9 cm³/mol. The summed E-state index contributed by atoms with van der Waals surface area (Å²) in [5.41, 5.74) is -0.277. The number of likely N-dealkylation sites (tertiary alicyclic amines) is 1. The van der Waals surface area contributed by atoms with Crippen LogP contribution in [0.5, 0.6) is 0 Å². The molecule has 1 aliphatic rings. The highest BCUT2D eigenvalue weighted by Crippen LogP contribution is 2.28. The number of carbonyl (C=O) groups excluding carboxylic acids is 1. The fourth-order valence-electron chi connectivity index (χ4n) is 2.16. The third kappa shape index (κ3) is 3.32. The van der Waals surface area contributed by atoms with Gasteiger partial charge in [-0.1, -0.05) is 15.9 Å². The Balaban J connectivity index is 2.46. The second-order valence-electron chi connectivity index (χ2n) is 4.56. The first-order valence-corrected chi connectivity index (χ1v) is 9.14. The molecule has 0 saturated carbocycles. The van der Waals surface area contributed by atoms with Crippen molar-refractivity contribution < 1.29 is 17.6 Å². The normalized spacial score (nSPS) is 16.2. The summed E-state index contributed by atoms with van der Waals surface area (Å²) in [4.78, 5) is 13.1. The third-order valence-corrected chi connectivity index (χ3v) is 4.92. The van der Waals surface area contributed by atoms with Crippen LogP contribution in [0.1, 0.15) is 29.6 Å². The summed E-state index contributed by atoms with van der Waals surface area (Å²) in [7, 11) is 0.938. The van der Waals surface area contributed by atoms with Crippen molar-refractivity contribution in [2.45, 2.75) is 24.2 Å². The molecule has 2 rings (SSSR count). The van der Waals surface area contributed by atoms with Crippen LogP contribution in [0.25, 0.3) is 0 Å². The summed E-state index contributed by atoms with van der Waals surface area (Å²) in [5.74, 6) is -1.61. The number of nitrogens with zero attached hydrogens (tertiary/aromatic N) is 1. The number of rotatable bonds is 2. The molecule has 1 amide bonds. The molecule has 0 unspecified atom stereocenters. The van der Waals surface area contributed by atoms with Crippen LogP contribution in [-0.4, -0.2) is 32.3 Å². The minimum absolute atomic E-state index is 0.277. The Kier molecular flexibility index (Phi) is 4.71. The molecule has 20 heavy (non-hydrogen) atoms. The van der Waals surface area contributed by atoms with Gasteiger partial charge >= 0.3 is 0 Å². The van der Waals surface area contributed by atoms with E-state index >= 15 is 0 Å². The van der Waals surface area contributed by atoms with E-state index in [-0.39, 0.29) is 5.56 Å². The number of hydrogen-bond donors (Lipinski definition) is 0. The van der Waals surface area contributed by atoms with Gasteiger partial charge in [-0.15, -0.1) is 0 Å². The molecule has 1 aliphatic heterocycles. The van der Waals surface area contributed by atoms with Crippen LogP contribution < -0.4 is 0 Å². The minimum Gasteiger partial charge on any atom is -0.339 e. The zero-order chi connectivity index (χ0) is 14.9. The summed E-state index contributed by atoms with van der Waals surface area (Å²) in [6.07, 6.45) is 2.76. The fraction of sp³-hybridized carbons (Fsp3) is 0.417. The second-order valence-corrected chi connectivity index (χ2v) is 8.01. The van der Waals surface area contributed by atoms with E-state index in [9.17, 15) is 17.6 Å². The van der Waals surface area contributed by atoms with E-state index in [1.54, 1.807) is 0 Å². The average Bonchev–Trinajstić information content (AvgIpc) is 2.40. The monoisotopic (exact) mass is 383 g/mol. The largest absolute Gasteiger partial charge is 0.339 e. The molecular formula is C12H12BrClFNO3S. The lowest BCUT2D eigenvalue weighted by Crippen LogP contribution is -2.36. The van der Waals surface area contributed by atoms with E-state index in [1.807, 2.05) is 0 Å². The number of halogens is 3. The molecule has 1 saturated heterocycles. The highest BCUT2D eigenvalue weighted by atomic mass is 79.9. The molecular weight excluding hydrogens is 373 g/mol. The first-order chi connectivity index (χ1) is 9.30. The van der Waals surface area contributed by atoms with E-state index in [0.29, 0.717) is 17.6 Å². The number of benzene rings is 1. The molecule has 1 fully saturated rings. The Labute approximate surface area is 129 Å². The first kappa shape index (κ1) is 15.7. The van der Waals surface area contributed by atoms with Crippen LogP contribution in [0.15, 0.2) is 21.5 Å². The van der Waals surface area contributed by atoms with E-state index < -0.39 is 25.7 Å². The Morgan fingerprint density at radius 1 is 1.25 bits per heavy atom. The minimum atomic E-state index is -4.25. The van der Waals surface area contributed by atoms with Crippen LogP contribution in [0.3, 0.4) is 0 Å². The zero-order valence-electron chi connectivity index (χ0n) is 10.4. The van der Waals surface area contributed by atoms with Gasteiger partial charge in [0.25, 0.3) is 15.0 Å². The lowest BCUT2D eigenvalue weighted by molar-refractivity contribution is 0.0719. The highest BCUT2D eigenvalue weighted by molar-refractivity contribution is 9.10. The van der Waals surface area contributed by atoms with E-state index in [2.05, 4.69) is 15.9 Å². The summed E-state index contributed by atoms with van der Waals surface area (Å²) in [5, 5.41) is 0. The van der Waals surface area contributed by atoms with Crippen molar-refractivity contribution in [3.8, 4) is 0 Å². The molecule has 0 N–H and O–H groups in total. The molecule has 0 spiro atoms. The number of hydrogen-bond acceptors (Lipinski definition) is 3. The quantitative estimate of drug-likeness (QED) is 0.736. The van der Waals surface area contributed by atoms with Crippen molar-refractivity contribution >= 4 is 41.6 Å². The summed E-state index contributed by atoms with van der Waals surface area (Å²) in [6, 6.07) is 2.32. The second kappa shape index (κ2) is 5.99. The standard InChI is InChI=1S/C12H12BrClFNO3S/c13-8-6-9(11(15)10(7-8)20(14,18)19)12(17)16-4-2-1-3-5-16/h6-7H,1-5H2. The number of amides is 1. The van der Waals surface area contributed by atoms with Crippen molar-refractivity contribution in [2.75, 3.05) is 13.1 Å². The molecule has 0 atom stereocenters. The number of carbonyl (C=O) groups is 1. The topological polar surface area (TPSA) is 54.5 Å². The van der Waals surface area contributed by atoms with Gasteiger partial charge in [0.1, 0.15) is 4.90 Å². The third-order valence-electron chi connectivity index (χ3n) is 3.14. The van der Waals surface area contributed by atoms with Crippen molar-refractivity contribution in [1.82, 2.24) is 4.90 Å². The molecule has 110 valence electrons. The SMILES string of the molecule is O=C(c1cc(Br)cc(S(=O)(=O)Cl)c1F)N1CCCCC1. The number of piperidine rings is 1. The van der Waals surface area contributed by atoms with E-state index in [1.165, 1.54) is 11.0 Å². The summed E-state index contributed by atoms with van der Waals surface area (Å²) in [6.45, 7) is 1.10. The molecule has 4 nitrogen and oxygen atoms in total. The zero-order valence-corrected chi connectivity index (χ0v) is 13.6. The van der Waals surface area contributed by atoms with Gasteiger partial charge in [0.05, 0.1) is 5.56 Å². The van der Waals surface area contributed by atoms with Gasteiger partial charge in [0, 0.05) is 28.2 Å². The van der Waals surface area contributed by atoms with Crippen molar-refractivity contribution in [3.05, 3.63) is 28.0 Å². The molecule has 1 aromatic carbocycles. The Morgan fingerprint density at radius 2 is 1.85 bits per heavy atom. The molecule has 8 heteroatoms. The molecule has 0 aromatic heterocycles. The summed E-state index contributed by atoms with van der Waals surface area (Å²) >= 11 is 3.07. The lowest BCUT2D eigenvalue weighted by Gasteiger charge is -2.27. The van der Waals surface area contributed by atoms with E-state index in [4.69, 9.17) is 10.7 Å². The Hall–Kier alpha value is -0.660. The molecule has 0 aliphatic carbocycles. The van der Waals surface area contributed by atoms with Gasteiger partial charge in [-0.2, -0.15) is 0 Å². The predicted octanol–water partition coefficient (Wildman–Crippen LogP) is 3.14. The van der Waals surface area contributed by atoms with Crippen molar-refractivity contribution in [1.29, 1.82) is 0 Å². The van der Waals surface area contributed by atoms with Crippen LogP contribution in [0, 0.1) is 5.82 Å². The molecule has 1 heterocycles. The average molecular weight is 385 g/mol. The van der Waals surface area contributed by atoms with E-state index in [0.717, 1.165) is 25.3 Å². The maximum Gasteiger partial charge on any atom is 0.264 e. The van der Waals surface area contributed by atoms with Gasteiger partial charge in [-0.05, 0) is 31.4 Å². The van der Waals surface area contributed by atoms with Gasteiger partial charge in [-0.3, -0.25) is 4.79 Å². The summed E-state index contributed by atoms with van der Waals surface area (Å²) < 4.78 is 37.2. The van der Waals surface area contributed by atoms with Gasteiger partial charge < -0.3 is 4.90 Å². The molecule has 0 bridgehead atoms. The van der Waals surface area contributed by atoms with Crippen LogP contribution in [0.4, 0.5) is 4.39 Å². The van der Waals surface area contributed by atoms with Gasteiger partial charge in [0.2, 0.25) is 0 Å².